The van der Waals surface area contributed by atoms with Gasteiger partial charge in [0.2, 0.25) is 0 Å². The van der Waals surface area contributed by atoms with Crippen LogP contribution in [0, 0.1) is 0 Å². The van der Waals surface area contributed by atoms with Gasteiger partial charge in [0.1, 0.15) is 0 Å². The molecule has 1 fully saturated rings. The smallest absolute Gasteiger partial charge is 0.368 e. The first-order chi connectivity index (χ1) is 6.82. The number of allylic oxidation sites excluding steroid dienone is 1. The minimum Gasteiger partial charge on any atom is -0.368 e. The van der Waals surface area contributed by atoms with Crippen molar-refractivity contribution >= 4 is 0 Å². The Kier molecular flexibility index (Phi) is 3.54. The van der Waals surface area contributed by atoms with E-state index in [2.05, 4.69) is 0 Å². The zero-order valence-corrected chi connectivity index (χ0v) is 8.11. The van der Waals surface area contributed by atoms with Gasteiger partial charge >= 0.3 is 6.30 Å². The van der Waals surface area contributed by atoms with E-state index in [0.717, 1.165) is 0 Å². The van der Waals surface area contributed by atoms with Crippen LogP contribution in [0.2, 0.25) is 0 Å². The molecule has 1 aliphatic heterocycles. The minimum absolute atomic E-state index is 0.0251. The van der Waals surface area contributed by atoms with Crippen LogP contribution in [0.15, 0.2) is 11.8 Å². The largest absolute Gasteiger partial charge is 0.460 e. The zero-order valence-electron chi connectivity index (χ0n) is 8.11. The third-order valence-electron chi connectivity index (χ3n) is 2.39. The topological polar surface area (TPSA) is 6.48 Å². The SMILES string of the molecule is CC(=C(F)F)N1CCN(C(F)(F)F)CC1. The third-order valence-corrected chi connectivity index (χ3v) is 2.39. The molecule has 1 rings (SSSR count). The lowest BCUT2D eigenvalue weighted by molar-refractivity contribution is -0.251. The van der Waals surface area contributed by atoms with Gasteiger partial charge in [-0.3, -0.25) is 0 Å². The lowest BCUT2D eigenvalue weighted by Gasteiger charge is -2.36. The monoisotopic (exact) mass is 230 g/mol. The third kappa shape index (κ3) is 3.05. The van der Waals surface area contributed by atoms with Gasteiger partial charge in [0.15, 0.2) is 0 Å². The summed E-state index contributed by atoms with van der Waals surface area (Å²) in [4.78, 5) is 1.59. The highest BCUT2D eigenvalue weighted by molar-refractivity contribution is 4.99. The van der Waals surface area contributed by atoms with Crippen LogP contribution in [0.1, 0.15) is 6.92 Å². The van der Waals surface area contributed by atoms with Gasteiger partial charge in [-0.05, 0) is 6.92 Å². The van der Waals surface area contributed by atoms with E-state index < -0.39 is 12.4 Å². The van der Waals surface area contributed by atoms with Gasteiger partial charge in [-0.1, -0.05) is 0 Å². The summed E-state index contributed by atoms with van der Waals surface area (Å²) in [6, 6.07) is 0. The van der Waals surface area contributed by atoms with Crippen LogP contribution < -0.4 is 0 Å². The molecular weight excluding hydrogens is 219 g/mol. The van der Waals surface area contributed by atoms with E-state index in [-0.39, 0.29) is 31.9 Å². The molecule has 0 amide bonds. The van der Waals surface area contributed by atoms with Crippen molar-refractivity contribution in [3.63, 3.8) is 0 Å². The Labute approximate surface area is 83.9 Å². The zero-order chi connectivity index (χ0) is 11.6. The fraction of sp³-hybridized carbons (Fsp3) is 0.750. The summed E-state index contributed by atoms with van der Waals surface area (Å²) in [6.07, 6.45) is -6.20. The Balaban J connectivity index is 2.54. The van der Waals surface area contributed by atoms with Gasteiger partial charge < -0.3 is 4.90 Å². The lowest BCUT2D eigenvalue weighted by Crippen LogP contribution is -2.51. The van der Waals surface area contributed by atoms with Crippen molar-refractivity contribution in [3.8, 4) is 0 Å². The van der Waals surface area contributed by atoms with Gasteiger partial charge in [-0.2, -0.15) is 22.0 Å². The van der Waals surface area contributed by atoms with Crippen molar-refractivity contribution in [3.05, 3.63) is 11.8 Å². The highest BCUT2D eigenvalue weighted by Gasteiger charge is 2.38. The van der Waals surface area contributed by atoms with Crippen LogP contribution in [-0.2, 0) is 0 Å². The summed E-state index contributed by atoms with van der Waals surface area (Å²) in [5.74, 6) is 0. The highest BCUT2D eigenvalue weighted by Crippen LogP contribution is 2.24. The van der Waals surface area contributed by atoms with Gasteiger partial charge in [-0.15, -0.1) is 0 Å². The Morgan fingerprint density at radius 1 is 1.00 bits per heavy atom. The summed E-state index contributed by atoms with van der Waals surface area (Å²) in [7, 11) is 0. The van der Waals surface area contributed by atoms with E-state index in [1.54, 1.807) is 0 Å². The molecule has 0 spiro atoms. The van der Waals surface area contributed by atoms with Gasteiger partial charge in [0.05, 0.1) is 5.70 Å². The molecule has 7 heteroatoms. The average Bonchev–Trinajstić information content (AvgIpc) is 2.15. The predicted octanol–water partition coefficient (Wildman–Crippen LogP) is 2.25. The van der Waals surface area contributed by atoms with E-state index in [1.165, 1.54) is 11.8 Å². The first-order valence-electron chi connectivity index (χ1n) is 4.41. The Hall–Kier alpha value is -0.850. The molecule has 0 aliphatic carbocycles. The van der Waals surface area contributed by atoms with Crippen molar-refractivity contribution in [1.29, 1.82) is 0 Å². The molecule has 1 aliphatic rings. The summed E-state index contributed by atoms with van der Waals surface area (Å²) in [6.45, 7) is 0.617. The molecule has 88 valence electrons. The van der Waals surface area contributed by atoms with E-state index in [9.17, 15) is 22.0 Å². The molecule has 0 unspecified atom stereocenters. The Bertz CT molecular complexity index is 248. The van der Waals surface area contributed by atoms with Crippen molar-refractivity contribution in [2.24, 2.45) is 0 Å². The predicted molar refractivity (Wildman–Crippen MR) is 44.1 cm³/mol. The lowest BCUT2D eigenvalue weighted by atomic mass is 10.3. The first kappa shape index (κ1) is 12.2. The number of alkyl halides is 3. The number of halogens is 5. The molecule has 1 saturated heterocycles. The van der Waals surface area contributed by atoms with Crippen molar-refractivity contribution < 1.29 is 22.0 Å². The van der Waals surface area contributed by atoms with Gasteiger partial charge in [-0.25, -0.2) is 4.90 Å². The van der Waals surface area contributed by atoms with E-state index >= 15 is 0 Å². The summed E-state index contributed by atoms with van der Waals surface area (Å²) >= 11 is 0. The molecule has 0 atom stereocenters. The number of hydrogen-bond acceptors (Lipinski definition) is 2. The second kappa shape index (κ2) is 4.34. The molecule has 2 nitrogen and oxygen atoms in total. The van der Waals surface area contributed by atoms with Gasteiger partial charge in [0.25, 0.3) is 6.08 Å². The second-order valence-electron chi connectivity index (χ2n) is 3.29. The first-order valence-corrected chi connectivity index (χ1v) is 4.41. The molecule has 0 aromatic carbocycles. The van der Waals surface area contributed by atoms with Crippen molar-refractivity contribution in [2.75, 3.05) is 26.2 Å². The van der Waals surface area contributed by atoms with Gasteiger partial charge in [0, 0.05) is 26.2 Å². The molecule has 0 radical (unpaired) electrons. The normalized spacial score (nSPS) is 19.2. The molecular formula is C8H11F5N2. The van der Waals surface area contributed by atoms with E-state index in [0.29, 0.717) is 4.90 Å². The maximum Gasteiger partial charge on any atom is 0.460 e. The van der Waals surface area contributed by atoms with Crippen LogP contribution in [0.3, 0.4) is 0 Å². The molecule has 0 aromatic heterocycles. The quantitative estimate of drug-likeness (QED) is 0.503. The molecule has 15 heavy (non-hydrogen) atoms. The molecule has 0 aromatic rings. The van der Waals surface area contributed by atoms with E-state index in [1.807, 2.05) is 0 Å². The van der Waals surface area contributed by atoms with Crippen LogP contribution >= 0.6 is 0 Å². The number of rotatable bonds is 1. The summed E-state index contributed by atoms with van der Waals surface area (Å²) in [5, 5.41) is 0. The molecule has 0 N–H and O–H groups in total. The summed E-state index contributed by atoms with van der Waals surface area (Å²) < 4.78 is 60.8. The van der Waals surface area contributed by atoms with Crippen LogP contribution in [0.4, 0.5) is 22.0 Å². The molecule has 0 bridgehead atoms. The maximum absolute atomic E-state index is 12.2. The second-order valence-corrected chi connectivity index (χ2v) is 3.29. The molecule has 0 saturated carbocycles. The molecule has 1 heterocycles. The average molecular weight is 230 g/mol. The van der Waals surface area contributed by atoms with Crippen molar-refractivity contribution in [1.82, 2.24) is 9.80 Å². The Morgan fingerprint density at radius 3 is 1.80 bits per heavy atom. The number of piperazine rings is 1. The maximum atomic E-state index is 12.2. The van der Waals surface area contributed by atoms with Crippen LogP contribution in [0.5, 0.6) is 0 Å². The van der Waals surface area contributed by atoms with Crippen LogP contribution in [0.25, 0.3) is 0 Å². The van der Waals surface area contributed by atoms with Crippen molar-refractivity contribution in [2.45, 2.75) is 13.2 Å². The fourth-order valence-corrected chi connectivity index (χ4v) is 1.41. The number of hydrogen-bond donors (Lipinski definition) is 0. The van der Waals surface area contributed by atoms with Crippen LogP contribution in [-0.4, -0.2) is 42.3 Å². The number of nitrogens with zero attached hydrogens (tertiary/aromatic N) is 2. The van der Waals surface area contributed by atoms with E-state index in [4.69, 9.17) is 0 Å². The highest BCUT2D eigenvalue weighted by atomic mass is 19.4. The minimum atomic E-state index is -4.36. The standard InChI is InChI=1S/C8H11F5N2/c1-6(7(9)10)14-2-4-15(5-3-14)8(11,12)13/h2-5H2,1H3. The summed E-state index contributed by atoms with van der Waals surface area (Å²) in [5.41, 5.74) is -0.239. The Morgan fingerprint density at radius 2 is 1.47 bits per heavy atom. The fourth-order valence-electron chi connectivity index (χ4n) is 1.41.